The zero-order valence-corrected chi connectivity index (χ0v) is 7.97. The van der Waals surface area contributed by atoms with Gasteiger partial charge in [-0.05, 0) is 0 Å². The quantitative estimate of drug-likeness (QED) is 0.402. The molecule has 0 fully saturated rings. The first kappa shape index (κ1) is 11.0. The number of hydrogen-bond acceptors (Lipinski definition) is 2. The Bertz CT molecular complexity index is 52.5. The van der Waals surface area contributed by atoms with E-state index in [0.717, 1.165) is 6.41 Å². The molecule has 0 radical (unpaired) electrons. The summed E-state index contributed by atoms with van der Waals surface area (Å²) in [6, 6.07) is 0. The minimum absolute atomic E-state index is 0.634. The Labute approximate surface area is 56.4 Å². The number of carbonyl (C=O) groups excluding carboxylic acids is 1. The van der Waals surface area contributed by atoms with Crippen LogP contribution in [0.1, 0.15) is 0 Å². The molecule has 0 saturated carbocycles. The molecule has 52 valence electrons. The Hall–Kier alpha value is 0.150. The molecule has 0 aromatic carbocycles. The van der Waals surface area contributed by atoms with E-state index >= 15 is 0 Å². The van der Waals surface area contributed by atoms with Crippen LogP contribution in [-0.4, -0.2) is 25.4 Å². The molecule has 0 saturated heterocycles. The molecule has 3 nitrogen and oxygen atoms in total. The monoisotopic (exact) mass is 159 g/mol. The van der Waals surface area contributed by atoms with Gasteiger partial charge in [0.15, 0.2) is 0 Å². The van der Waals surface area contributed by atoms with Gasteiger partial charge >= 0.3 is 25.4 Å². The zero-order valence-electron chi connectivity index (χ0n) is 5.22. The first-order valence-corrected chi connectivity index (χ1v) is 3.08. The molecule has 0 aromatic rings. The van der Waals surface area contributed by atoms with Crippen LogP contribution in [0.2, 0.25) is 0 Å². The van der Waals surface area contributed by atoms with Crippen LogP contribution >= 0.6 is 21.3 Å². The van der Waals surface area contributed by atoms with Gasteiger partial charge in [-0.1, -0.05) is 0 Å². The topological polar surface area (TPSA) is 29.5 Å². The Kier molecular flexibility index (Phi) is 14.0. The Balaban J connectivity index is 0. The van der Waals surface area contributed by atoms with Crippen molar-refractivity contribution in [2.24, 2.45) is 0 Å². The van der Waals surface area contributed by atoms with E-state index in [9.17, 15) is 4.79 Å². The fourth-order valence-electron chi connectivity index (χ4n) is 0. The van der Waals surface area contributed by atoms with Crippen LogP contribution in [-0.2, 0) is 8.87 Å². The van der Waals surface area contributed by atoms with Gasteiger partial charge in [0.25, 0.3) is 0 Å². The van der Waals surface area contributed by atoms with Gasteiger partial charge in [-0.15, -0.1) is 0 Å². The summed E-state index contributed by atoms with van der Waals surface area (Å²) in [7, 11) is 4.01. The molecule has 0 rings (SSSR count). The summed E-state index contributed by atoms with van der Waals surface area (Å²) in [5, 5.41) is 0. The summed E-state index contributed by atoms with van der Waals surface area (Å²) in [6.45, 7) is 0. The Morgan fingerprint density at radius 3 is 1.88 bits per heavy atom. The molecular formula is C3H11ClNO2P. The van der Waals surface area contributed by atoms with Crippen molar-refractivity contribution in [3.8, 4) is 0 Å². The number of amides is 1. The molecule has 0 bridgehead atoms. The third-order valence-corrected chi connectivity index (χ3v) is 0.211. The molecule has 0 aliphatic heterocycles. The molecule has 8 heavy (non-hydrogen) atoms. The van der Waals surface area contributed by atoms with Gasteiger partial charge in [0, 0.05) is 14.1 Å². The number of halogens is 1. The Morgan fingerprint density at radius 2 is 1.88 bits per heavy atom. The molecule has 0 heterocycles. The summed E-state index contributed by atoms with van der Waals surface area (Å²) in [4.78, 5) is 10.9. The predicted molar refractivity (Wildman–Crippen MR) is 39.2 cm³/mol. The molecule has 5 heteroatoms. The predicted octanol–water partition coefficient (Wildman–Crippen LogP) is 0.116. The maximum atomic E-state index is 9.43. The molecule has 0 aromatic heterocycles. The second-order valence-electron chi connectivity index (χ2n) is 1.22. The van der Waals surface area contributed by atoms with Gasteiger partial charge in [-0.3, -0.25) is 4.79 Å². The van der Waals surface area contributed by atoms with Crippen LogP contribution < -0.4 is 0 Å². The Morgan fingerprint density at radius 1 is 1.75 bits per heavy atom. The average molecular weight is 160 g/mol. The van der Waals surface area contributed by atoms with Crippen molar-refractivity contribution in [1.82, 2.24) is 4.90 Å². The van der Waals surface area contributed by atoms with Crippen LogP contribution in [0.15, 0.2) is 0 Å². The fraction of sp³-hybridized carbons (Fsp3) is 0.667. The standard InChI is InChI=1S/C3H7NO.ClH4OP/c1-4(2)3-5;1-2-3/h3H,1-2H3;3H4. The van der Waals surface area contributed by atoms with Crippen molar-refractivity contribution in [1.29, 1.82) is 0 Å². The van der Waals surface area contributed by atoms with E-state index in [1.54, 1.807) is 14.1 Å². The van der Waals surface area contributed by atoms with Crippen molar-refractivity contribution in [3.05, 3.63) is 0 Å². The number of hydrogen-bond donors (Lipinski definition) is 0. The summed E-state index contributed by atoms with van der Waals surface area (Å²) < 4.78 is 3.86. The van der Waals surface area contributed by atoms with Gasteiger partial charge in [0.2, 0.25) is 6.41 Å². The molecule has 0 spiro atoms. The molecule has 0 unspecified atom stereocenters. The summed E-state index contributed by atoms with van der Waals surface area (Å²) >= 11 is 4.56. The van der Waals surface area contributed by atoms with Crippen molar-refractivity contribution in [3.63, 3.8) is 0 Å². The zero-order chi connectivity index (χ0) is 6.99. The summed E-state index contributed by atoms with van der Waals surface area (Å²) in [5.41, 5.74) is 0. The van der Waals surface area contributed by atoms with Crippen LogP contribution in [0.25, 0.3) is 0 Å². The second kappa shape index (κ2) is 10.2. The van der Waals surface area contributed by atoms with Crippen molar-refractivity contribution in [2.45, 2.75) is 0 Å². The average Bonchev–Trinajstić information content (AvgIpc) is 1.69. The fourth-order valence-corrected chi connectivity index (χ4v) is 0. The van der Waals surface area contributed by atoms with E-state index in [0.29, 0.717) is 9.47 Å². The first-order valence-electron chi connectivity index (χ1n) is 1.95. The molecule has 0 aliphatic rings. The van der Waals surface area contributed by atoms with E-state index in [1.807, 2.05) is 0 Å². The third kappa shape index (κ3) is 35.3. The molecular weight excluding hydrogens is 148 g/mol. The van der Waals surface area contributed by atoms with Crippen LogP contribution in [0, 0.1) is 0 Å². The van der Waals surface area contributed by atoms with E-state index in [2.05, 4.69) is 15.9 Å². The molecule has 0 N–H and O–H groups in total. The van der Waals surface area contributed by atoms with Gasteiger partial charge in [0.1, 0.15) is 0 Å². The first-order chi connectivity index (χ1) is 3.68. The molecule has 0 aliphatic carbocycles. The van der Waals surface area contributed by atoms with E-state index in [-0.39, 0.29) is 0 Å². The number of rotatable bonds is 1. The van der Waals surface area contributed by atoms with Gasteiger partial charge < -0.3 is 4.90 Å². The van der Waals surface area contributed by atoms with Gasteiger partial charge in [-0.25, -0.2) is 0 Å². The number of nitrogens with zero attached hydrogens (tertiary/aromatic N) is 1. The number of carbonyl (C=O) groups is 1. The summed E-state index contributed by atoms with van der Waals surface area (Å²) in [5.74, 6) is 0. The van der Waals surface area contributed by atoms with Crippen LogP contribution in [0.5, 0.6) is 0 Å². The van der Waals surface area contributed by atoms with Crippen molar-refractivity contribution < 1.29 is 8.87 Å². The molecule has 0 atom stereocenters. The van der Waals surface area contributed by atoms with E-state index in [4.69, 9.17) is 0 Å². The van der Waals surface area contributed by atoms with Gasteiger partial charge in [0.05, 0.1) is 0 Å². The SMILES string of the molecule is CN(C)C=O.[PH4]OCl. The van der Waals surface area contributed by atoms with E-state index < -0.39 is 0 Å². The van der Waals surface area contributed by atoms with E-state index in [1.165, 1.54) is 4.90 Å². The normalized spacial score (nSPS) is 6.62. The van der Waals surface area contributed by atoms with Crippen molar-refractivity contribution >= 4 is 27.7 Å². The maximum absolute atomic E-state index is 9.43. The summed E-state index contributed by atoms with van der Waals surface area (Å²) in [6.07, 6.45) is 0.750. The van der Waals surface area contributed by atoms with Crippen LogP contribution in [0.3, 0.4) is 0 Å². The third-order valence-electron chi connectivity index (χ3n) is 0.211. The second-order valence-corrected chi connectivity index (χ2v) is 2.46. The van der Waals surface area contributed by atoms with Crippen molar-refractivity contribution in [2.75, 3.05) is 14.1 Å². The molecule has 1 amide bonds. The minimum atomic E-state index is 0.634. The van der Waals surface area contributed by atoms with Crippen LogP contribution in [0.4, 0.5) is 0 Å². The van der Waals surface area contributed by atoms with Gasteiger partial charge in [-0.2, -0.15) is 0 Å².